The zero-order chi connectivity index (χ0) is 9.52. The summed E-state index contributed by atoms with van der Waals surface area (Å²) in [5.41, 5.74) is 0.651. The first-order valence-corrected chi connectivity index (χ1v) is 4.83. The van der Waals surface area contributed by atoms with E-state index < -0.39 is 0 Å². The van der Waals surface area contributed by atoms with Crippen molar-refractivity contribution in [2.24, 2.45) is 0 Å². The molecule has 0 atom stereocenters. The minimum Gasteiger partial charge on any atom is -0.212 e. The zero-order valence-electron chi connectivity index (χ0n) is 8.04. The van der Waals surface area contributed by atoms with Gasteiger partial charge in [-0.05, 0) is 18.6 Å². The fraction of sp³-hybridized carbons (Fsp3) is 0.455. The lowest BCUT2D eigenvalue weighted by Crippen LogP contribution is -2.12. The highest BCUT2D eigenvalue weighted by Gasteiger charge is 2.01. The molecule has 1 nitrogen and oxygen atoms in total. The lowest BCUT2D eigenvalue weighted by Gasteiger charge is -2.12. The molecule has 0 heterocycles. The topological polar surface area (TPSA) is 3.24 Å². The molecule has 1 aromatic rings. The minimum absolute atomic E-state index is 0.498. The van der Waals surface area contributed by atoms with Crippen LogP contribution in [0.25, 0.3) is 0 Å². The molecule has 0 spiro atoms. The van der Waals surface area contributed by atoms with Gasteiger partial charge >= 0.3 is 0 Å². The van der Waals surface area contributed by atoms with Gasteiger partial charge in [0.1, 0.15) is 0 Å². The van der Waals surface area contributed by atoms with Crippen molar-refractivity contribution >= 4 is 5.69 Å². The second kappa shape index (κ2) is 5.57. The van der Waals surface area contributed by atoms with Gasteiger partial charge in [0.25, 0.3) is 0 Å². The molecule has 1 rings (SSSR count). The predicted octanol–water partition coefficient (Wildman–Crippen LogP) is 3.57. The highest BCUT2D eigenvalue weighted by Crippen LogP contribution is 2.14. The summed E-state index contributed by atoms with van der Waals surface area (Å²) in [7, 11) is 0. The maximum atomic E-state index is 13.3. The second-order valence-electron chi connectivity index (χ2n) is 3.13. The highest BCUT2D eigenvalue weighted by atomic mass is 19.2. The van der Waals surface area contributed by atoms with Gasteiger partial charge in [-0.2, -0.15) is 0 Å². The zero-order valence-corrected chi connectivity index (χ0v) is 8.04. The molecule has 0 saturated heterocycles. The smallest absolute Gasteiger partial charge is 0.0687 e. The van der Waals surface area contributed by atoms with Crippen LogP contribution in [0.15, 0.2) is 30.3 Å². The van der Waals surface area contributed by atoms with Crippen LogP contribution in [-0.4, -0.2) is 6.54 Å². The largest absolute Gasteiger partial charge is 0.212 e. The molecule has 0 unspecified atom stereocenters. The molecule has 0 saturated carbocycles. The Labute approximate surface area is 79.1 Å². The van der Waals surface area contributed by atoms with Crippen molar-refractivity contribution in [1.29, 1.82) is 0 Å². The fourth-order valence-corrected chi connectivity index (χ4v) is 1.22. The Kier molecular flexibility index (Phi) is 4.30. The molecule has 13 heavy (non-hydrogen) atoms. The Morgan fingerprint density at radius 2 is 1.85 bits per heavy atom. The van der Waals surface area contributed by atoms with Gasteiger partial charge in [0, 0.05) is 0 Å². The number of nitrogens with zero attached hydrogens (tertiary/aromatic N) is 1. The van der Waals surface area contributed by atoms with E-state index in [0.717, 1.165) is 24.4 Å². The molecule has 0 aliphatic carbocycles. The summed E-state index contributed by atoms with van der Waals surface area (Å²) in [5, 5.41) is 0.815. The number of halogens is 1. The summed E-state index contributed by atoms with van der Waals surface area (Å²) in [6.07, 6.45) is 3.14. The van der Waals surface area contributed by atoms with Gasteiger partial charge in [-0.1, -0.05) is 42.4 Å². The van der Waals surface area contributed by atoms with Crippen LogP contribution in [0.5, 0.6) is 0 Å². The Morgan fingerprint density at radius 1 is 1.15 bits per heavy atom. The molecule has 1 aromatic carbocycles. The van der Waals surface area contributed by atoms with Crippen LogP contribution in [0.3, 0.4) is 0 Å². The molecule has 0 fully saturated rings. The lowest BCUT2D eigenvalue weighted by atomic mass is 10.2. The third kappa shape index (κ3) is 3.45. The van der Waals surface area contributed by atoms with Gasteiger partial charge < -0.3 is 0 Å². The van der Waals surface area contributed by atoms with Gasteiger partial charge in [-0.25, -0.2) is 5.12 Å². The summed E-state index contributed by atoms with van der Waals surface area (Å²) < 4.78 is 13.3. The van der Waals surface area contributed by atoms with E-state index in [1.807, 2.05) is 18.2 Å². The number of rotatable bonds is 5. The quantitative estimate of drug-likeness (QED) is 0.496. The maximum Gasteiger partial charge on any atom is 0.0687 e. The summed E-state index contributed by atoms with van der Waals surface area (Å²) in [5.74, 6) is 0. The Bertz CT molecular complexity index is 223. The second-order valence-corrected chi connectivity index (χ2v) is 3.13. The van der Waals surface area contributed by atoms with E-state index in [1.165, 1.54) is 0 Å². The molecule has 0 amide bonds. The van der Waals surface area contributed by atoms with Gasteiger partial charge in [0.2, 0.25) is 0 Å². The standard InChI is InChI=1S/C11H16FN/c1-2-3-7-10-13(12)11-8-5-4-6-9-11/h4-6,8-9H,2-3,7,10H2,1H3. The van der Waals surface area contributed by atoms with E-state index in [4.69, 9.17) is 0 Å². The minimum atomic E-state index is 0.498. The fourth-order valence-electron chi connectivity index (χ4n) is 1.22. The average Bonchev–Trinajstić information content (AvgIpc) is 2.19. The van der Waals surface area contributed by atoms with Crippen LogP contribution in [0.1, 0.15) is 26.2 Å². The first-order chi connectivity index (χ1) is 6.34. The molecule has 0 N–H and O–H groups in total. The van der Waals surface area contributed by atoms with Gasteiger partial charge in [0.05, 0.1) is 12.2 Å². The van der Waals surface area contributed by atoms with Crippen molar-refractivity contribution in [2.75, 3.05) is 11.7 Å². The van der Waals surface area contributed by atoms with Crippen LogP contribution in [-0.2, 0) is 0 Å². The van der Waals surface area contributed by atoms with Crippen molar-refractivity contribution in [1.82, 2.24) is 0 Å². The molecule has 72 valence electrons. The summed E-state index contributed by atoms with van der Waals surface area (Å²) in [6, 6.07) is 9.16. The van der Waals surface area contributed by atoms with Crippen molar-refractivity contribution < 1.29 is 4.48 Å². The first kappa shape index (κ1) is 10.0. The van der Waals surface area contributed by atoms with E-state index >= 15 is 0 Å². The highest BCUT2D eigenvalue weighted by molar-refractivity contribution is 5.42. The first-order valence-electron chi connectivity index (χ1n) is 4.83. The Morgan fingerprint density at radius 3 is 2.46 bits per heavy atom. The maximum absolute atomic E-state index is 13.3. The predicted molar refractivity (Wildman–Crippen MR) is 54.4 cm³/mol. The van der Waals surface area contributed by atoms with Gasteiger partial charge in [-0.15, -0.1) is 0 Å². The number of para-hydroxylation sites is 1. The molecule has 0 aromatic heterocycles. The number of benzene rings is 1. The number of hydrogen-bond acceptors (Lipinski definition) is 1. The number of unbranched alkanes of at least 4 members (excludes halogenated alkanes) is 2. The molecular weight excluding hydrogens is 165 g/mol. The van der Waals surface area contributed by atoms with Crippen molar-refractivity contribution in [3.05, 3.63) is 30.3 Å². The molecule has 2 heteroatoms. The van der Waals surface area contributed by atoms with Crippen molar-refractivity contribution in [2.45, 2.75) is 26.2 Å². The normalized spacial score (nSPS) is 10.0. The SMILES string of the molecule is CCCCCN(F)c1ccccc1. The van der Waals surface area contributed by atoms with E-state index in [0.29, 0.717) is 12.2 Å². The number of anilines is 1. The van der Waals surface area contributed by atoms with Crippen molar-refractivity contribution in [3.63, 3.8) is 0 Å². The lowest BCUT2D eigenvalue weighted by molar-refractivity contribution is 0.423. The van der Waals surface area contributed by atoms with E-state index in [2.05, 4.69) is 6.92 Å². The summed E-state index contributed by atoms with van der Waals surface area (Å²) in [4.78, 5) is 0. The number of hydrogen-bond donors (Lipinski definition) is 0. The molecule has 0 aliphatic rings. The third-order valence-corrected chi connectivity index (χ3v) is 1.99. The van der Waals surface area contributed by atoms with Crippen LogP contribution in [0, 0.1) is 0 Å². The van der Waals surface area contributed by atoms with Crippen LogP contribution in [0.4, 0.5) is 10.2 Å². The molecule has 0 aliphatic heterocycles. The molecular formula is C11H16FN. The summed E-state index contributed by atoms with van der Waals surface area (Å²) in [6.45, 7) is 2.61. The Balaban J connectivity index is 2.35. The van der Waals surface area contributed by atoms with Crippen LogP contribution < -0.4 is 5.12 Å². The van der Waals surface area contributed by atoms with Crippen LogP contribution >= 0.6 is 0 Å². The monoisotopic (exact) mass is 181 g/mol. The Hall–Kier alpha value is -1.05. The average molecular weight is 181 g/mol. The summed E-state index contributed by atoms with van der Waals surface area (Å²) >= 11 is 0. The van der Waals surface area contributed by atoms with E-state index in [1.54, 1.807) is 12.1 Å². The molecule has 0 radical (unpaired) electrons. The van der Waals surface area contributed by atoms with Crippen molar-refractivity contribution in [3.8, 4) is 0 Å². The molecule has 0 bridgehead atoms. The van der Waals surface area contributed by atoms with E-state index in [9.17, 15) is 4.48 Å². The third-order valence-electron chi connectivity index (χ3n) is 1.99. The van der Waals surface area contributed by atoms with Gasteiger partial charge in [0.15, 0.2) is 0 Å². The van der Waals surface area contributed by atoms with Gasteiger partial charge in [-0.3, -0.25) is 0 Å². The van der Waals surface area contributed by atoms with Crippen LogP contribution in [0.2, 0.25) is 0 Å². The van der Waals surface area contributed by atoms with E-state index in [-0.39, 0.29) is 0 Å².